The number of nitro groups is 1. The van der Waals surface area contributed by atoms with Crippen molar-refractivity contribution in [3.05, 3.63) is 64.1 Å². The van der Waals surface area contributed by atoms with Crippen molar-refractivity contribution >= 4 is 58.7 Å². The molecule has 0 aromatic carbocycles. The van der Waals surface area contributed by atoms with Crippen LogP contribution in [-0.2, 0) is 20.1 Å². The van der Waals surface area contributed by atoms with E-state index in [1.54, 1.807) is 24.9 Å². The molecule has 0 aliphatic carbocycles. The van der Waals surface area contributed by atoms with Gasteiger partial charge in [-0.25, -0.2) is 14.6 Å². The third-order valence-corrected chi connectivity index (χ3v) is 7.79. The molecule has 204 valence electrons. The first-order valence-corrected chi connectivity index (χ1v) is 14.3. The highest BCUT2D eigenvalue weighted by Gasteiger charge is 2.16. The standard InChI is InChI=1S/C19H23N5O3S3.C4H4O4/c1-14-15(13-28-11-8-27-2)20-7-6-16(14)29-9-3-10-30-18-5-4-17-21-12-19(24(25)26)23(17)22-18;5-3(6)1-2-4(7)8/h4-7,12H,3,8-11,13H2,1-2H3;1-2H,(H,5,6)(H,7,8)/b;2-1+. The zero-order chi connectivity index (χ0) is 27.9. The predicted molar refractivity (Wildman–Crippen MR) is 147 cm³/mol. The van der Waals surface area contributed by atoms with Crippen LogP contribution in [0.25, 0.3) is 5.65 Å². The number of rotatable bonds is 14. The van der Waals surface area contributed by atoms with Gasteiger partial charge in [0.1, 0.15) is 11.2 Å². The van der Waals surface area contributed by atoms with Crippen LogP contribution in [0.15, 0.2) is 52.7 Å². The molecule has 0 aliphatic heterocycles. The number of aromatic nitrogens is 4. The Balaban J connectivity index is 0.000000550. The van der Waals surface area contributed by atoms with Crippen LogP contribution in [0.3, 0.4) is 0 Å². The number of fused-ring (bicyclic) bond motifs is 1. The maximum Gasteiger partial charge on any atom is 0.368 e. The van der Waals surface area contributed by atoms with E-state index in [4.69, 9.17) is 14.9 Å². The molecule has 38 heavy (non-hydrogen) atoms. The number of carboxylic acids is 2. The average Bonchev–Trinajstić information content (AvgIpc) is 3.31. The molecule has 0 spiro atoms. The number of carbonyl (C=O) groups is 2. The van der Waals surface area contributed by atoms with E-state index in [1.165, 1.54) is 21.2 Å². The van der Waals surface area contributed by atoms with Crippen molar-refractivity contribution in [2.24, 2.45) is 0 Å². The van der Waals surface area contributed by atoms with Crippen LogP contribution in [0, 0.1) is 17.0 Å². The van der Waals surface area contributed by atoms with E-state index < -0.39 is 16.9 Å². The van der Waals surface area contributed by atoms with E-state index in [9.17, 15) is 19.7 Å². The Hall–Kier alpha value is -3.14. The highest BCUT2D eigenvalue weighted by Crippen LogP contribution is 2.27. The lowest BCUT2D eigenvalue weighted by Crippen LogP contribution is -1.99. The molecule has 0 bridgehead atoms. The van der Waals surface area contributed by atoms with E-state index in [2.05, 4.69) is 28.1 Å². The van der Waals surface area contributed by atoms with Crippen LogP contribution in [0.2, 0.25) is 0 Å². The van der Waals surface area contributed by atoms with Crippen molar-refractivity contribution in [1.82, 2.24) is 19.6 Å². The number of methoxy groups -OCH3 is 1. The van der Waals surface area contributed by atoms with Gasteiger partial charge in [-0.2, -0.15) is 11.8 Å². The first-order valence-electron chi connectivity index (χ1n) is 11.1. The maximum atomic E-state index is 11.0. The second-order valence-electron chi connectivity index (χ2n) is 7.30. The molecule has 0 fully saturated rings. The van der Waals surface area contributed by atoms with Gasteiger partial charge in [0.15, 0.2) is 0 Å². The summed E-state index contributed by atoms with van der Waals surface area (Å²) in [6.45, 7) is 2.89. The molecular formula is C23H27N5O7S3. The quantitative estimate of drug-likeness (QED) is 0.0913. The molecule has 3 aromatic heterocycles. The van der Waals surface area contributed by atoms with E-state index >= 15 is 0 Å². The SMILES string of the molecule is COCCSCc1nccc(SCCCSc2ccc3ncc([N+](=O)[O-])n3n2)c1C.O=C(O)/C=C/C(=O)O. The van der Waals surface area contributed by atoms with Crippen LogP contribution >= 0.6 is 35.3 Å². The van der Waals surface area contributed by atoms with Crippen LogP contribution in [-0.4, -0.2) is 77.6 Å². The maximum absolute atomic E-state index is 11.0. The van der Waals surface area contributed by atoms with Gasteiger partial charge in [0, 0.05) is 53.7 Å². The summed E-state index contributed by atoms with van der Waals surface area (Å²) in [6, 6.07) is 5.68. The van der Waals surface area contributed by atoms with E-state index in [0.29, 0.717) is 17.8 Å². The summed E-state index contributed by atoms with van der Waals surface area (Å²) in [6.07, 6.45) is 5.23. The summed E-state index contributed by atoms with van der Waals surface area (Å²) in [5.74, 6) is 1.11. The third kappa shape index (κ3) is 10.7. The van der Waals surface area contributed by atoms with Gasteiger partial charge in [-0.05, 0) is 41.7 Å². The summed E-state index contributed by atoms with van der Waals surface area (Å²) in [5, 5.41) is 31.8. The molecule has 12 nitrogen and oxygen atoms in total. The first kappa shape index (κ1) is 31.1. The molecule has 0 aliphatic rings. The van der Waals surface area contributed by atoms with Crippen LogP contribution in [0.1, 0.15) is 17.7 Å². The second-order valence-corrected chi connectivity index (χ2v) is 10.7. The minimum absolute atomic E-state index is 0.118. The lowest BCUT2D eigenvalue weighted by Gasteiger charge is -2.10. The minimum atomic E-state index is -1.26. The van der Waals surface area contributed by atoms with E-state index in [0.717, 1.165) is 46.8 Å². The molecule has 0 saturated carbocycles. The minimum Gasteiger partial charge on any atom is -0.478 e. The number of thioether (sulfide) groups is 3. The Morgan fingerprint density at radius 2 is 1.82 bits per heavy atom. The number of nitrogens with zero attached hydrogens (tertiary/aromatic N) is 5. The number of imidazole rings is 1. The number of pyridine rings is 1. The van der Waals surface area contributed by atoms with E-state index in [1.807, 2.05) is 35.8 Å². The molecule has 0 unspecified atom stereocenters. The van der Waals surface area contributed by atoms with E-state index in [-0.39, 0.29) is 5.82 Å². The van der Waals surface area contributed by atoms with Gasteiger partial charge in [0.05, 0.1) is 12.3 Å². The molecule has 2 N–H and O–H groups in total. The van der Waals surface area contributed by atoms with Gasteiger partial charge in [-0.3, -0.25) is 4.98 Å². The largest absolute Gasteiger partial charge is 0.478 e. The van der Waals surface area contributed by atoms with Crippen LogP contribution in [0.4, 0.5) is 5.82 Å². The summed E-state index contributed by atoms with van der Waals surface area (Å²) in [4.78, 5) is 39.5. The third-order valence-electron chi connectivity index (χ3n) is 4.60. The zero-order valence-corrected chi connectivity index (χ0v) is 23.1. The number of ether oxygens (including phenoxy) is 1. The second kappa shape index (κ2) is 16.7. The Kier molecular flexibility index (Phi) is 13.6. The van der Waals surface area contributed by atoms with Crippen molar-refractivity contribution in [1.29, 1.82) is 0 Å². The average molecular weight is 582 g/mol. The van der Waals surface area contributed by atoms with Gasteiger partial charge in [0.25, 0.3) is 0 Å². The molecule has 0 atom stereocenters. The molecule has 3 rings (SSSR count). The monoisotopic (exact) mass is 581 g/mol. The van der Waals surface area contributed by atoms with Crippen LogP contribution in [0.5, 0.6) is 0 Å². The molecular weight excluding hydrogens is 554 g/mol. The fraction of sp³-hybridized carbons (Fsp3) is 0.348. The summed E-state index contributed by atoms with van der Waals surface area (Å²) < 4.78 is 6.37. The number of carboxylic acid groups (broad SMARTS) is 2. The fourth-order valence-corrected chi connectivity index (χ4v) is 5.68. The Bertz CT molecular complexity index is 1250. The van der Waals surface area contributed by atoms with Gasteiger partial charge >= 0.3 is 17.8 Å². The highest BCUT2D eigenvalue weighted by atomic mass is 32.2. The Morgan fingerprint density at radius 1 is 1.11 bits per heavy atom. The van der Waals surface area contributed by atoms with Crippen molar-refractivity contribution in [2.75, 3.05) is 31.0 Å². The molecule has 3 heterocycles. The van der Waals surface area contributed by atoms with Crippen molar-refractivity contribution in [2.45, 2.75) is 29.0 Å². The summed E-state index contributed by atoms with van der Waals surface area (Å²) >= 11 is 5.26. The van der Waals surface area contributed by atoms with Gasteiger partial charge in [-0.1, -0.05) is 9.61 Å². The van der Waals surface area contributed by atoms with Crippen LogP contribution < -0.4 is 0 Å². The molecule has 0 saturated heterocycles. The highest BCUT2D eigenvalue weighted by molar-refractivity contribution is 8.00. The smallest absolute Gasteiger partial charge is 0.368 e. The Labute approximate surface area is 231 Å². The number of aliphatic carboxylic acids is 2. The van der Waals surface area contributed by atoms with Gasteiger partial charge in [-0.15, -0.1) is 23.5 Å². The van der Waals surface area contributed by atoms with Crippen molar-refractivity contribution in [3.8, 4) is 0 Å². The molecule has 3 aromatic rings. The lowest BCUT2D eigenvalue weighted by atomic mass is 10.2. The number of hydrogen-bond donors (Lipinski definition) is 2. The predicted octanol–water partition coefficient (Wildman–Crippen LogP) is 4.21. The number of hydrogen-bond acceptors (Lipinski definition) is 11. The topological polar surface area (TPSA) is 170 Å². The molecule has 0 amide bonds. The zero-order valence-electron chi connectivity index (χ0n) is 20.7. The first-order chi connectivity index (χ1) is 18.2. The fourth-order valence-electron chi connectivity index (χ4n) is 2.78. The van der Waals surface area contributed by atoms with Gasteiger partial charge < -0.3 is 25.1 Å². The van der Waals surface area contributed by atoms with Crippen molar-refractivity contribution < 1.29 is 29.5 Å². The summed E-state index contributed by atoms with van der Waals surface area (Å²) in [5.41, 5.74) is 2.86. The van der Waals surface area contributed by atoms with Gasteiger partial charge in [0.2, 0.25) is 5.65 Å². The normalized spacial score (nSPS) is 10.9. The lowest BCUT2D eigenvalue weighted by molar-refractivity contribution is -0.391. The summed E-state index contributed by atoms with van der Waals surface area (Å²) in [7, 11) is 1.72. The Morgan fingerprint density at radius 3 is 2.47 bits per heavy atom. The van der Waals surface area contributed by atoms with Crippen molar-refractivity contribution in [3.63, 3.8) is 0 Å². The molecule has 0 radical (unpaired) electrons. The molecule has 15 heteroatoms.